The van der Waals surface area contributed by atoms with E-state index >= 15 is 0 Å². The summed E-state index contributed by atoms with van der Waals surface area (Å²) in [5.74, 6) is 0.815. The smallest absolute Gasteiger partial charge is 0.147 e. The molecule has 2 aliphatic rings. The summed E-state index contributed by atoms with van der Waals surface area (Å²) in [6.45, 7) is 7.96. The zero-order valence-corrected chi connectivity index (χ0v) is 25.1. The van der Waals surface area contributed by atoms with E-state index in [1.54, 1.807) is 0 Å². The van der Waals surface area contributed by atoms with E-state index in [-0.39, 0.29) is 53.0 Å². The summed E-state index contributed by atoms with van der Waals surface area (Å²) in [7, 11) is 0. The Kier molecular flexibility index (Phi) is 14.7. The van der Waals surface area contributed by atoms with Gasteiger partial charge in [-0.3, -0.25) is 0 Å². The van der Waals surface area contributed by atoms with Crippen LogP contribution in [0.1, 0.15) is 77.7 Å². The largest absolute Gasteiger partial charge is 0.147 e. The van der Waals surface area contributed by atoms with Gasteiger partial charge in [-0.2, -0.15) is 0 Å². The minimum absolute atomic E-state index is 0. The van der Waals surface area contributed by atoms with Crippen molar-refractivity contribution in [2.45, 2.75) is 95.0 Å². The van der Waals surface area contributed by atoms with Crippen LogP contribution in [0.2, 0.25) is 5.21 Å². The quantitative estimate of drug-likeness (QED) is 0.317. The molecule has 2 aliphatic carbocycles. The molecule has 2 heterocycles. The van der Waals surface area contributed by atoms with Gasteiger partial charge in [0.2, 0.25) is 0 Å². The van der Waals surface area contributed by atoms with Crippen LogP contribution in [0, 0.1) is 0 Å². The van der Waals surface area contributed by atoms with Gasteiger partial charge >= 0.3 is 194 Å². The molecule has 34 heavy (non-hydrogen) atoms. The summed E-state index contributed by atoms with van der Waals surface area (Å²) >= 11 is -0.336. The maximum absolute atomic E-state index is 6.10. The first kappa shape index (κ1) is 31.7. The summed E-state index contributed by atoms with van der Waals surface area (Å²) in [5, 5.41) is 4.92. The standard InChI is InChI=1S/C23H40AsN7.3ClH/c1-3-30(4-2)15-7-14-24-21-20-22(31(16-26-20)19-8-5-6-9-19)29-23(28-21)27-18-12-10-17(25)11-13-18;;;/h16-19,24H,3-15,25H2,1-2H3,(H,27,28,29);3*1H/t17-,18-;;;. The second kappa shape index (κ2) is 15.7. The number of hydrogen-bond acceptors (Lipinski definition) is 6. The Morgan fingerprint density at radius 3 is 2.35 bits per heavy atom. The Balaban J connectivity index is 0.00000193. The molecule has 0 radical (unpaired) electrons. The fourth-order valence-electron chi connectivity index (χ4n) is 5.05. The van der Waals surface area contributed by atoms with Crippen molar-refractivity contribution in [2.75, 3.05) is 25.0 Å². The van der Waals surface area contributed by atoms with Gasteiger partial charge in [0.1, 0.15) is 0 Å². The second-order valence-corrected chi connectivity index (χ2v) is 12.0. The summed E-state index contributed by atoms with van der Waals surface area (Å²) < 4.78 is 3.58. The SMILES string of the molecule is CCN(CC)CCC[AsH]c1nc(N[C@H]2CC[C@H](N)CC2)nc2c1ncn2C1CCCC1.Cl.Cl.Cl. The van der Waals surface area contributed by atoms with Crippen LogP contribution in [0.5, 0.6) is 0 Å². The van der Waals surface area contributed by atoms with Crippen molar-refractivity contribution < 1.29 is 0 Å². The van der Waals surface area contributed by atoms with E-state index in [1.807, 2.05) is 6.33 Å². The van der Waals surface area contributed by atoms with Crippen molar-refractivity contribution in [3.63, 3.8) is 0 Å². The van der Waals surface area contributed by atoms with Gasteiger partial charge in [0.15, 0.2) is 0 Å². The average molecular weight is 599 g/mol. The maximum atomic E-state index is 6.10. The van der Waals surface area contributed by atoms with Crippen LogP contribution in [0.4, 0.5) is 5.95 Å². The van der Waals surface area contributed by atoms with E-state index in [2.05, 4.69) is 28.6 Å². The molecule has 0 bridgehead atoms. The van der Waals surface area contributed by atoms with E-state index in [4.69, 9.17) is 20.7 Å². The van der Waals surface area contributed by atoms with Crippen molar-refractivity contribution >= 4 is 74.6 Å². The molecule has 3 N–H and O–H groups in total. The van der Waals surface area contributed by atoms with E-state index in [0.29, 0.717) is 18.1 Å². The van der Waals surface area contributed by atoms with Crippen molar-refractivity contribution in [1.82, 2.24) is 24.4 Å². The first-order valence-electron chi connectivity index (χ1n) is 12.4. The molecule has 2 fully saturated rings. The van der Waals surface area contributed by atoms with Crippen LogP contribution in [0.3, 0.4) is 0 Å². The molecular weight excluding hydrogens is 556 g/mol. The molecule has 1 atom stereocenters. The van der Waals surface area contributed by atoms with Gasteiger partial charge in [-0.25, -0.2) is 0 Å². The van der Waals surface area contributed by atoms with Crippen molar-refractivity contribution in [1.29, 1.82) is 0 Å². The Labute approximate surface area is 230 Å². The fraction of sp³-hybridized carbons (Fsp3) is 0.783. The topological polar surface area (TPSA) is 84.9 Å². The monoisotopic (exact) mass is 597 g/mol. The number of fused-ring (bicyclic) bond motifs is 1. The third-order valence-electron chi connectivity index (χ3n) is 7.08. The Morgan fingerprint density at radius 1 is 1.03 bits per heavy atom. The minimum atomic E-state index is -0.336. The normalized spacial score (nSPS) is 20.9. The van der Waals surface area contributed by atoms with Crippen molar-refractivity contribution in [3.8, 4) is 0 Å². The number of nitrogens with two attached hydrogens (primary N) is 1. The molecule has 2 aromatic heterocycles. The molecule has 2 saturated carbocycles. The summed E-state index contributed by atoms with van der Waals surface area (Å²) in [6.07, 6.45) is 12.8. The zero-order valence-electron chi connectivity index (χ0n) is 20.5. The number of anilines is 1. The predicted octanol–water partition coefficient (Wildman–Crippen LogP) is 4.10. The number of hydrogen-bond donors (Lipinski definition) is 2. The second-order valence-electron chi connectivity index (χ2n) is 9.22. The van der Waals surface area contributed by atoms with Crippen molar-refractivity contribution in [2.24, 2.45) is 5.73 Å². The molecule has 4 rings (SSSR count). The zero-order chi connectivity index (χ0) is 21.6. The molecular formula is C23H43AsCl3N7. The van der Waals surface area contributed by atoms with E-state index < -0.39 is 0 Å². The van der Waals surface area contributed by atoms with Crippen LogP contribution in [0.15, 0.2) is 6.33 Å². The number of rotatable bonds is 10. The number of nitrogens with one attached hydrogen (secondary N) is 1. The third-order valence-corrected chi connectivity index (χ3v) is 9.78. The summed E-state index contributed by atoms with van der Waals surface area (Å²) in [6, 6.07) is 1.35. The van der Waals surface area contributed by atoms with Gasteiger partial charge in [-0.15, -0.1) is 37.2 Å². The van der Waals surface area contributed by atoms with Crippen molar-refractivity contribution in [3.05, 3.63) is 6.33 Å². The van der Waals surface area contributed by atoms with Crippen LogP contribution in [0.25, 0.3) is 11.2 Å². The molecule has 0 amide bonds. The molecule has 2 aromatic rings. The maximum Gasteiger partial charge on any atom is -0.147 e. The van der Waals surface area contributed by atoms with Gasteiger partial charge in [-0.05, 0) is 0 Å². The Morgan fingerprint density at radius 2 is 1.71 bits per heavy atom. The Bertz CT molecular complexity index is 835. The van der Waals surface area contributed by atoms with Crippen LogP contribution < -0.4 is 15.5 Å². The van der Waals surface area contributed by atoms with E-state index in [9.17, 15) is 0 Å². The van der Waals surface area contributed by atoms with E-state index in [0.717, 1.165) is 55.9 Å². The minimum Gasteiger partial charge on any atom is -0.147 e. The first-order valence-corrected chi connectivity index (χ1v) is 14.9. The summed E-state index contributed by atoms with van der Waals surface area (Å²) in [5.41, 5.74) is 8.22. The summed E-state index contributed by atoms with van der Waals surface area (Å²) in [4.78, 5) is 17.4. The molecule has 1 unspecified atom stereocenters. The van der Waals surface area contributed by atoms with Gasteiger partial charge in [-0.1, -0.05) is 0 Å². The van der Waals surface area contributed by atoms with Crippen LogP contribution in [-0.2, 0) is 0 Å². The average Bonchev–Trinajstić information content (AvgIpc) is 3.45. The molecule has 7 nitrogen and oxygen atoms in total. The third kappa shape index (κ3) is 8.11. The molecule has 11 heteroatoms. The van der Waals surface area contributed by atoms with Crippen LogP contribution in [-0.4, -0.2) is 71.9 Å². The molecule has 0 aromatic carbocycles. The molecule has 0 saturated heterocycles. The molecule has 196 valence electrons. The molecule has 0 aliphatic heterocycles. The van der Waals surface area contributed by atoms with Crippen LogP contribution >= 0.6 is 37.2 Å². The number of aromatic nitrogens is 4. The molecule has 0 spiro atoms. The predicted molar refractivity (Wildman–Crippen MR) is 152 cm³/mol. The first-order chi connectivity index (χ1) is 15.2. The Hall–Kier alpha value is -0.302. The van der Waals surface area contributed by atoms with E-state index in [1.165, 1.54) is 48.3 Å². The fourth-order valence-corrected chi connectivity index (χ4v) is 7.36. The van der Waals surface area contributed by atoms with Gasteiger partial charge < -0.3 is 0 Å². The number of nitrogens with zero attached hydrogens (tertiary/aromatic N) is 5. The van der Waals surface area contributed by atoms with Gasteiger partial charge in [0.05, 0.1) is 0 Å². The number of imidazole rings is 1. The number of halogens is 3. The van der Waals surface area contributed by atoms with Gasteiger partial charge in [0.25, 0.3) is 0 Å². The van der Waals surface area contributed by atoms with Gasteiger partial charge in [0, 0.05) is 0 Å².